The quantitative estimate of drug-likeness (QED) is 0.186. The van der Waals surface area contributed by atoms with E-state index in [1.807, 2.05) is 52.0 Å². The highest BCUT2D eigenvalue weighted by Crippen LogP contribution is 2.60. The zero-order chi connectivity index (χ0) is 35.1. The van der Waals surface area contributed by atoms with Crippen molar-refractivity contribution in [2.45, 2.75) is 122 Å². The first-order chi connectivity index (χ1) is 23.3. The van der Waals surface area contributed by atoms with Crippen LogP contribution in [0.15, 0.2) is 30.5 Å². The van der Waals surface area contributed by atoms with Crippen molar-refractivity contribution in [3.05, 3.63) is 36.0 Å². The first-order valence-corrected chi connectivity index (χ1v) is 17.6. The van der Waals surface area contributed by atoms with Gasteiger partial charge in [0.2, 0.25) is 23.9 Å². The minimum Gasteiger partial charge on any atom is -0.480 e. The largest absolute Gasteiger partial charge is 0.480 e. The number of rotatable bonds is 12. The van der Waals surface area contributed by atoms with E-state index in [-0.39, 0.29) is 49.4 Å². The number of amides is 2. The highest BCUT2D eigenvalue weighted by Gasteiger charge is 2.69. The van der Waals surface area contributed by atoms with Gasteiger partial charge in [-0.1, -0.05) is 45.9 Å². The zero-order valence-corrected chi connectivity index (χ0v) is 28.9. The van der Waals surface area contributed by atoms with Crippen LogP contribution in [0.1, 0.15) is 85.1 Å². The van der Waals surface area contributed by atoms with Crippen molar-refractivity contribution in [3.63, 3.8) is 0 Å². The summed E-state index contributed by atoms with van der Waals surface area (Å²) in [5.74, 6) is -3.50. The summed E-state index contributed by atoms with van der Waals surface area (Å²) in [5, 5.41) is 16.1. The SMILES string of the molecule is CC(C)C[C@H](NC(=O)CCC(=O)O[C@@H]1O[C@H]2O[C@]3(C)CC[C@H]4[C@H](C)CC[C@@H]([C@H]1C)[C@@]24OO3)C(=O)N[C@@H](Cc1c[nH]c2ccccc12)C(=O)O. The number of hydrogen-bond acceptors (Lipinski definition) is 9. The molecule has 49 heavy (non-hydrogen) atoms. The number of esters is 1. The molecule has 4 saturated heterocycles. The third-order valence-corrected chi connectivity index (χ3v) is 11.0. The molecule has 10 atom stereocenters. The van der Waals surface area contributed by atoms with Crippen LogP contribution in [0.5, 0.6) is 0 Å². The van der Waals surface area contributed by atoms with E-state index in [9.17, 15) is 24.3 Å². The molecule has 1 aliphatic carbocycles. The molecular formula is C36H49N3O10. The van der Waals surface area contributed by atoms with Crippen molar-refractivity contribution in [3.8, 4) is 0 Å². The monoisotopic (exact) mass is 683 g/mol. The van der Waals surface area contributed by atoms with Crippen LogP contribution in [0.25, 0.3) is 10.9 Å². The molecule has 7 rings (SSSR count). The molecule has 2 amide bonds. The fraction of sp³-hybridized carbons (Fsp3) is 0.667. The molecule has 5 aliphatic rings. The number of aromatic amines is 1. The second-order valence-corrected chi connectivity index (χ2v) is 15.0. The van der Waals surface area contributed by atoms with Crippen LogP contribution < -0.4 is 10.6 Å². The number of H-pyrrole nitrogens is 1. The maximum Gasteiger partial charge on any atom is 0.326 e. The normalized spacial score (nSPS) is 33.3. The number of benzene rings is 1. The smallest absolute Gasteiger partial charge is 0.326 e. The molecule has 4 aliphatic heterocycles. The molecule has 1 spiro atoms. The summed E-state index contributed by atoms with van der Waals surface area (Å²) >= 11 is 0. The van der Waals surface area contributed by atoms with E-state index in [1.54, 1.807) is 6.20 Å². The number of ether oxygens (including phenoxy) is 3. The van der Waals surface area contributed by atoms with Gasteiger partial charge in [0.15, 0.2) is 11.9 Å². The highest BCUT2D eigenvalue weighted by atomic mass is 17.3. The Kier molecular flexibility index (Phi) is 10.1. The van der Waals surface area contributed by atoms with Gasteiger partial charge in [-0.05, 0) is 62.0 Å². The summed E-state index contributed by atoms with van der Waals surface area (Å²) in [6.45, 7) is 9.83. The van der Waals surface area contributed by atoms with Crippen molar-refractivity contribution < 1.29 is 48.3 Å². The second-order valence-electron chi connectivity index (χ2n) is 15.0. The van der Waals surface area contributed by atoms with Gasteiger partial charge in [-0.25, -0.2) is 14.6 Å². The lowest BCUT2D eigenvalue weighted by Crippen LogP contribution is -2.70. The van der Waals surface area contributed by atoms with Crippen LogP contribution in [0.2, 0.25) is 0 Å². The Morgan fingerprint density at radius 1 is 1.02 bits per heavy atom. The van der Waals surface area contributed by atoms with Gasteiger partial charge >= 0.3 is 11.9 Å². The van der Waals surface area contributed by atoms with Gasteiger partial charge in [-0.3, -0.25) is 14.4 Å². The molecular weight excluding hydrogens is 634 g/mol. The van der Waals surface area contributed by atoms with Crippen molar-refractivity contribution in [2.24, 2.45) is 29.6 Å². The minimum atomic E-state index is -1.21. The number of aliphatic carboxylic acids is 1. The molecule has 5 heterocycles. The summed E-state index contributed by atoms with van der Waals surface area (Å²) < 4.78 is 18.5. The van der Waals surface area contributed by atoms with E-state index in [0.29, 0.717) is 12.3 Å². The molecule has 1 saturated carbocycles. The van der Waals surface area contributed by atoms with Crippen LogP contribution >= 0.6 is 0 Å². The van der Waals surface area contributed by atoms with Gasteiger partial charge in [-0.2, -0.15) is 0 Å². The molecule has 0 unspecified atom stereocenters. The van der Waals surface area contributed by atoms with E-state index >= 15 is 0 Å². The molecule has 2 aromatic rings. The summed E-state index contributed by atoms with van der Waals surface area (Å²) in [5.41, 5.74) is 0.838. The zero-order valence-electron chi connectivity index (χ0n) is 28.9. The number of carboxylic acid groups (broad SMARTS) is 1. The third-order valence-electron chi connectivity index (χ3n) is 11.0. The van der Waals surface area contributed by atoms with Crippen LogP contribution in [0, 0.1) is 29.6 Å². The van der Waals surface area contributed by atoms with Gasteiger partial charge in [0.1, 0.15) is 12.1 Å². The lowest BCUT2D eigenvalue weighted by Gasteiger charge is -2.59. The van der Waals surface area contributed by atoms with Crippen molar-refractivity contribution in [2.75, 3.05) is 0 Å². The van der Waals surface area contributed by atoms with Crippen molar-refractivity contribution >= 4 is 34.7 Å². The molecule has 4 N–H and O–H groups in total. The maximum atomic E-state index is 13.3. The lowest BCUT2D eigenvalue weighted by atomic mass is 9.58. The second kappa shape index (κ2) is 14.0. The third kappa shape index (κ3) is 7.08. The Hall–Kier alpha value is -3.52. The number of hydrogen-bond donors (Lipinski definition) is 4. The molecule has 2 bridgehead atoms. The number of carbonyl (C=O) groups excluding carboxylic acids is 3. The van der Waals surface area contributed by atoms with Crippen molar-refractivity contribution in [1.29, 1.82) is 0 Å². The Morgan fingerprint density at radius 3 is 2.55 bits per heavy atom. The molecule has 5 fully saturated rings. The Labute approximate surface area is 286 Å². The summed E-state index contributed by atoms with van der Waals surface area (Å²) in [6, 6.07) is 5.32. The predicted molar refractivity (Wildman–Crippen MR) is 175 cm³/mol. The fourth-order valence-electron chi connectivity index (χ4n) is 8.37. The predicted octanol–water partition coefficient (Wildman–Crippen LogP) is 4.34. The van der Waals surface area contributed by atoms with Gasteiger partial charge in [-0.15, -0.1) is 0 Å². The molecule has 13 nitrogen and oxygen atoms in total. The van der Waals surface area contributed by atoms with Crippen molar-refractivity contribution in [1.82, 2.24) is 15.6 Å². The first kappa shape index (κ1) is 35.3. The topological polar surface area (TPSA) is 175 Å². The van der Waals surface area contributed by atoms with Crippen LogP contribution in [0.4, 0.5) is 0 Å². The summed E-state index contributed by atoms with van der Waals surface area (Å²) in [6.07, 6.45) is 3.39. The van der Waals surface area contributed by atoms with Gasteiger partial charge in [0, 0.05) is 48.2 Å². The van der Waals surface area contributed by atoms with Gasteiger partial charge < -0.3 is 34.9 Å². The Bertz CT molecular complexity index is 1560. The number of carboxylic acids is 1. The standard InChI is InChI=1S/C36H49N3O10/c1-19(2)16-27(31(42)39-28(32(43)44)17-22-18-37-26-9-7-6-8-23(22)26)38-29(40)12-13-30(41)45-33-21(4)25-11-10-20(3)24-14-15-35(5)47-34(46-33)36(24,25)49-48-35/h6-9,18-21,24-25,27-28,33-34,37H,10-17H2,1-5H3,(H,38,40)(H,39,42)(H,43,44)/t20-,21-,24+,25+,27+,28+,33-,34+,35+,36-/m1/s1. The molecule has 1 aromatic heterocycles. The highest BCUT2D eigenvalue weighted by molar-refractivity contribution is 5.91. The van der Waals surface area contributed by atoms with Crippen LogP contribution in [0.3, 0.4) is 0 Å². The average Bonchev–Trinajstić information content (AvgIpc) is 3.32. The number of fused-ring (bicyclic) bond motifs is 3. The number of carbonyl (C=O) groups is 4. The fourth-order valence-corrected chi connectivity index (χ4v) is 8.37. The molecule has 268 valence electrons. The van der Waals surface area contributed by atoms with E-state index in [0.717, 1.165) is 35.7 Å². The van der Waals surface area contributed by atoms with Crippen LogP contribution in [-0.4, -0.2) is 69.9 Å². The van der Waals surface area contributed by atoms with Gasteiger partial charge in [0.25, 0.3) is 0 Å². The molecule has 0 radical (unpaired) electrons. The summed E-state index contributed by atoms with van der Waals surface area (Å²) in [7, 11) is 0. The van der Waals surface area contributed by atoms with E-state index in [4.69, 9.17) is 24.0 Å². The number of aromatic nitrogens is 1. The number of para-hydroxylation sites is 1. The lowest BCUT2D eigenvalue weighted by molar-refractivity contribution is -0.576. The van der Waals surface area contributed by atoms with Crippen LogP contribution in [-0.2, 0) is 49.6 Å². The molecule has 1 aromatic carbocycles. The van der Waals surface area contributed by atoms with E-state index in [1.165, 1.54) is 0 Å². The first-order valence-electron chi connectivity index (χ1n) is 17.6. The Morgan fingerprint density at radius 2 is 1.80 bits per heavy atom. The maximum absolute atomic E-state index is 13.3. The Balaban J connectivity index is 1.05. The summed E-state index contributed by atoms with van der Waals surface area (Å²) in [4.78, 5) is 66.7. The molecule has 13 heteroatoms. The van der Waals surface area contributed by atoms with E-state index < -0.39 is 59.8 Å². The van der Waals surface area contributed by atoms with Gasteiger partial charge in [0.05, 0.1) is 6.42 Å². The average molecular weight is 684 g/mol. The number of nitrogens with one attached hydrogen (secondary N) is 3. The minimum absolute atomic E-state index is 0.0166. The van der Waals surface area contributed by atoms with E-state index in [2.05, 4.69) is 22.5 Å².